The summed E-state index contributed by atoms with van der Waals surface area (Å²) < 4.78 is 1.72. The Labute approximate surface area is 93.6 Å². The Balaban J connectivity index is 0.000000845. The number of rotatable bonds is 0. The minimum Gasteiger partial charge on any atom is -1.00 e. The molecule has 0 aliphatic carbocycles. The van der Waals surface area contributed by atoms with Crippen molar-refractivity contribution in [2.75, 3.05) is 5.73 Å². The molecule has 1 aromatic heterocycles. The highest BCUT2D eigenvalue weighted by Crippen LogP contribution is 2.14. The number of nitrogen functional groups attached to an aromatic ring is 1. The molecule has 2 rings (SSSR count). The second kappa shape index (κ2) is 3.87. The van der Waals surface area contributed by atoms with Gasteiger partial charge in [-0.2, -0.15) is 0 Å². The van der Waals surface area contributed by atoms with E-state index in [0.29, 0.717) is 0 Å². The molecule has 0 aliphatic heterocycles. The molecule has 0 atom stereocenters. The van der Waals surface area contributed by atoms with Gasteiger partial charge in [-0.1, -0.05) is 22.9 Å². The van der Waals surface area contributed by atoms with E-state index in [0.717, 1.165) is 16.6 Å². The third-order valence-electron chi connectivity index (χ3n) is 1.81. The van der Waals surface area contributed by atoms with Crippen LogP contribution in [0.15, 0.2) is 30.5 Å². The number of aryl methyl sites for hydroxylation is 1. The van der Waals surface area contributed by atoms with Crippen LogP contribution >= 0.6 is 0 Å². The second-order valence-corrected chi connectivity index (χ2v) is 2.78. The molecule has 0 saturated heterocycles. The fourth-order valence-corrected chi connectivity index (χ4v) is 1.27. The molecule has 1 heterocycles. The van der Waals surface area contributed by atoms with Gasteiger partial charge in [-0.05, 0) is 11.2 Å². The van der Waals surface area contributed by atoms with Gasteiger partial charge in [-0.3, -0.25) is 0 Å². The number of nitrogens with zero attached hydrogens (tertiary/aromatic N) is 2. The molecule has 2 N–H and O–H groups in total. The first-order valence-electron chi connectivity index (χ1n) is 3.78. The molecular weight excluding hydrogens is 277 g/mol. The van der Waals surface area contributed by atoms with Crippen LogP contribution in [-0.4, -0.2) is 5.10 Å². The number of fused-ring (bicyclic) bond motifs is 1. The smallest absolute Gasteiger partial charge is 0.219 e. The van der Waals surface area contributed by atoms with Gasteiger partial charge in [0.15, 0.2) is 7.05 Å². The van der Waals surface area contributed by atoms with Crippen LogP contribution < -0.4 is 34.4 Å². The lowest BCUT2D eigenvalue weighted by atomic mass is 10.2. The molecule has 13 heavy (non-hydrogen) atoms. The van der Waals surface area contributed by atoms with Gasteiger partial charge in [0.1, 0.15) is 11.2 Å². The van der Waals surface area contributed by atoms with Crippen molar-refractivity contribution in [3.8, 4) is 0 Å². The molecule has 0 bridgehead atoms. The Morgan fingerprint density at radius 1 is 1.31 bits per heavy atom. The molecule has 1 aromatic carbocycles. The summed E-state index contributed by atoms with van der Waals surface area (Å²) in [6, 6.07) is 7.83. The summed E-state index contributed by atoms with van der Waals surface area (Å²) in [6.45, 7) is 0. The summed E-state index contributed by atoms with van der Waals surface area (Å²) in [5.74, 6) is 0. The van der Waals surface area contributed by atoms with E-state index in [4.69, 9.17) is 5.73 Å². The predicted molar refractivity (Wildman–Crippen MR) is 47.3 cm³/mol. The summed E-state index contributed by atoms with van der Waals surface area (Å²) >= 11 is 0. The van der Waals surface area contributed by atoms with Gasteiger partial charge >= 0.3 is 0 Å². The lowest BCUT2D eigenvalue weighted by Gasteiger charge is -1.96. The van der Waals surface area contributed by atoms with Crippen LogP contribution in [0.5, 0.6) is 0 Å². The van der Waals surface area contributed by atoms with Crippen LogP contribution in [0, 0.1) is 0 Å². The SMILES string of the molecule is C[n+]1cc(N)c2ccccc2n1.[I-]. The first-order chi connectivity index (χ1) is 5.77. The number of aromatic nitrogens is 2. The molecule has 0 aliphatic rings. The largest absolute Gasteiger partial charge is 1.00 e. The van der Waals surface area contributed by atoms with Crippen LogP contribution in [0.2, 0.25) is 0 Å². The van der Waals surface area contributed by atoms with Crippen LogP contribution in [0.1, 0.15) is 0 Å². The number of halogens is 1. The highest BCUT2D eigenvalue weighted by molar-refractivity contribution is 5.88. The monoisotopic (exact) mass is 287 g/mol. The molecule has 0 amide bonds. The average molecular weight is 287 g/mol. The first-order valence-corrected chi connectivity index (χ1v) is 3.78. The van der Waals surface area contributed by atoms with Crippen molar-refractivity contribution in [3.05, 3.63) is 30.5 Å². The molecule has 68 valence electrons. The molecule has 0 saturated carbocycles. The van der Waals surface area contributed by atoms with Crippen molar-refractivity contribution in [3.63, 3.8) is 0 Å². The van der Waals surface area contributed by atoms with E-state index in [1.54, 1.807) is 4.68 Å². The Morgan fingerprint density at radius 3 is 2.77 bits per heavy atom. The van der Waals surface area contributed by atoms with E-state index < -0.39 is 0 Å². The summed E-state index contributed by atoms with van der Waals surface area (Å²) in [7, 11) is 1.86. The Hall–Kier alpha value is -0.910. The fraction of sp³-hybridized carbons (Fsp3) is 0.111. The zero-order chi connectivity index (χ0) is 8.55. The van der Waals surface area contributed by atoms with Crippen LogP contribution in [0.4, 0.5) is 5.69 Å². The van der Waals surface area contributed by atoms with E-state index >= 15 is 0 Å². The van der Waals surface area contributed by atoms with Crippen molar-refractivity contribution in [1.29, 1.82) is 0 Å². The summed E-state index contributed by atoms with van der Waals surface area (Å²) in [6.07, 6.45) is 1.81. The van der Waals surface area contributed by atoms with Crippen molar-refractivity contribution < 1.29 is 28.7 Å². The number of hydrogen-bond donors (Lipinski definition) is 1. The highest BCUT2D eigenvalue weighted by atomic mass is 127. The van der Waals surface area contributed by atoms with Gasteiger partial charge in [-0.15, -0.1) is 0 Å². The van der Waals surface area contributed by atoms with Gasteiger partial charge in [0.2, 0.25) is 6.20 Å². The number of anilines is 1. The predicted octanol–water partition coefficient (Wildman–Crippen LogP) is -2.35. The average Bonchev–Trinajstić information content (AvgIpc) is 2.04. The van der Waals surface area contributed by atoms with Crippen molar-refractivity contribution in [1.82, 2.24) is 5.10 Å². The maximum Gasteiger partial charge on any atom is 0.219 e. The van der Waals surface area contributed by atoms with E-state index in [1.165, 1.54) is 0 Å². The quantitative estimate of drug-likeness (QED) is 0.435. The molecule has 3 nitrogen and oxygen atoms in total. The lowest BCUT2D eigenvalue weighted by Crippen LogP contribution is -3.00. The van der Waals surface area contributed by atoms with Crippen LogP contribution in [-0.2, 0) is 7.05 Å². The standard InChI is InChI=1S/C9H10N3.HI/c1-12-6-8(10)7-4-2-3-5-9(7)11-12;/h2-6H,1H3,(H2,10,11);1H/q+1;/p-1. The zero-order valence-electron chi connectivity index (χ0n) is 7.24. The highest BCUT2D eigenvalue weighted by Gasteiger charge is 2.03. The van der Waals surface area contributed by atoms with E-state index in [2.05, 4.69) is 5.10 Å². The van der Waals surface area contributed by atoms with Gasteiger partial charge < -0.3 is 29.7 Å². The van der Waals surface area contributed by atoms with Crippen molar-refractivity contribution in [2.24, 2.45) is 7.05 Å². The van der Waals surface area contributed by atoms with E-state index in [-0.39, 0.29) is 24.0 Å². The number of nitrogens with two attached hydrogens (primary N) is 1. The van der Waals surface area contributed by atoms with E-state index in [9.17, 15) is 0 Å². The van der Waals surface area contributed by atoms with Crippen molar-refractivity contribution >= 4 is 16.6 Å². The van der Waals surface area contributed by atoms with Crippen LogP contribution in [0.25, 0.3) is 10.9 Å². The molecule has 2 aromatic rings. The maximum absolute atomic E-state index is 5.80. The first kappa shape index (κ1) is 10.2. The Kier molecular flexibility index (Phi) is 3.02. The fourth-order valence-electron chi connectivity index (χ4n) is 1.27. The topological polar surface area (TPSA) is 42.8 Å². The van der Waals surface area contributed by atoms with Crippen LogP contribution in [0.3, 0.4) is 0 Å². The molecule has 4 heteroatoms. The third-order valence-corrected chi connectivity index (χ3v) is 1.81. The second-order valence-electron chi connectivity index (χ2n) is 2.78. The van der Waals surface area contributed by atoms with Crippen molar-refractivity contribution in [2.45, 2.75) is 0 Å². The molecule has 0 fully saturated rings. The van der Waals surface area contributed by atoms with Gasteiger partial charge in [0.05, 0.1) is 0 Å². The molecule has 0 radical (unpaired) electrons. The Bertz CT molecular complexity index is 428. The summed E-state index contributed by atoms with van der Waals surface area (Å²) in [5.41, 5.74) is 7.49. The number of benzene rings is 1. The van der Waals surface area contributed by atoms with Gasteiger partial charge in [0, 0.05) is 5.39 Å². The third kappa shape index (κ3) is 1.88. The van der Waals surface area contributed by atoms with Gasteiger partial charge in [-0.25, -0.2) is 0 Å². The van der Waals surface area contributed by atoms with E-state index in [1.807, 2.05) is 37.5 Å². The normalized spacial score (nSPS) is 9.62. The Morgan fingerprint density at radius 2 is 2.00 bits per heavy atom. The minimum atomic E-state index is 0. The molecule has 0 unspecified atom stereocenters. The minimum absolute atomic E-state index is 0. The maximum atomic E-state index is 5.80. The summed E-state index contributed by atoms with van der Waals surface area (Å²) in [5, 5.41) is 5.28. The summed E-state index contributed by atoms with van der Waals surface area (Å²) in [4.78, 5) is 0. The number of hydrogen-bond acceptors (Lipinski definition) is 2. The lowest BCUT2D eigenvalue weighted by molar-refractivity contribution is -0.727. The van der Waals surface area contributed by atoms with Gasteiger partial charge in [0.25, 0.3) is 0 Å². The zero-order valence-corrected chi connectivity index (χ0v) is 9.39. The molecule has 0 spiro atoms. The molecular formula is C9H10IN3.